The van der Waals surface area contributed by atoms with Gasteiger partial charge in [0.25, 0.3) is 5.91 Å². The Bertz CT molecular complexity index is 1270. The monoisotopic (exact) mass is 561 g/mol. The number of hydrogen-bond acceptors (Lipinski definition) is 7. The topological polar surface area (TPSA) is 84.7 Å². The fraction of sp³-hybridized carbons (Fsp3) is 0.438. The van der Waals surface area contributed by atoms with E-state index in [2.05, 4.69) is 11.8 Å². The Morgan fingerprint density at radius 1 is 0.902 bits per heavy atom. The van der Waals surface area contributed by atoms with E-state index in [1.165, 1.54) is 5.56 Å². The Balaban J connectivity index is 1.33. The lowest BCUT2D eigenvalue weighted by Crippen LogP contribution is -2.47. The van der Waals surface area contributed by atoms with Crippen LogP contribution in [0.4, 0.5) is 0 Å². The number of aryl methyl sites for hydroxylation is 1. The molecule has 3 aromatic rings. The van der Waals surface area contributed by atoms with Crippen LogP contribution in [-0.4, -0.2) is 79.2 Å². The quantitative estimate of drug-likeness (QED) is 0.307. The molecule has 0 radical (unpaired) electrons. The van der Waals surface area contributed by atoms with Gasteiger partial charge in [-0.2, -0.15) is 0 Å². The molecule has 2 aliphatic rings. The minimum atomic E-state index is -0.158. The van der Waals surface area contributed by atoms with Gasteiger partial charge >= 0.3 is 0 Å². The van der Waals surface area contributed by atoms with Crippen molar-refractivity contribution in [1.82, 2.24) is 14.7 Å². The van der Waals surface area contributed by atoms with Crippen molar-refractivity contribution in [3.8, 4) is 11.5 Å². The minimum Gasteiger partial charge on any atom is -0.467 e. The third kappa shape index (κ3) is 7.89. The van der Waals surface area contributed by atoms with Crippen LogP contribution < -0.4 is 9.47 Å². The van der Waals surface area contributed by atoms with Gasteiger partial charge in [-0.3, -0.25) is 14.5 Å². The first kappa shape index (κ1) is 28.7. The van der Waals surface area contributed by atoms with E-state index < -0.39 is 0 Å². The summed E-state index contributed by atoms with van der Waals surface area (Å²) < 4.78 is 22.0. The van der Waals surface area contributed by atoms with Crippen LogP contribution >= 0.6 is 0 Å². The number of nitrogens with zero attached hydrogens (tertiary/aromatic N) is 3. The molecule has 2 aromatic carbocycles. The zero-order valence-corrected chi connectivity index (χ0v) is 23.8. The SMILES string of the molecule is CCCCc1ccc(C(=O)N(CCN2CCOCC2)CC(=O)N(Cc2ccc3c(c2)OCO3)Cc2ccco2)cc1. The number of carbonyl (C=O) groups is 2. The van der Waals surface area contributed by atoms with Gasteiger partial charge in [-0.05, 0) is 60.4 Å². The highest BCUT2D eigenvalue weighted by atomic mass is 16.7. The van der Waals surface area contributed by atoms with Crippen LogP contribution in [0.5, 0.6) is 11.5 Å². The Labute approximate surface area is 241 Å². The van der Waals surface area contributed by atoms with Gasteiger partial charge in [-0.15, -0.1) is 0 Å². The first-order valence-electron chi connectivity index (χ1n) is 14.5. The number of furan rings is 1. The molecule has 0 atom stereocenters. The molecule has 1 aromatic heterocycles. The van der Waals surface area contributed by atoms with Gasteiger partial charge in [-0.25, -0.2) is 0 Å². The molecule has 0 saturated carbocycles. The standard InChI is InChI=1S/C32H39N3O6/c1-2-3-5-25-7-10-27(11-8-25)32(37)34(14-13-33-15-18-38-19-16-33)23-31(36)35(22-28-6-4-17-39-28)21-26-9-12-29-30(20-26)41-24-40-29/h4,6-12,17,20H,2-3,5,13-16,18-19,21-24H2,1H3. The smallest absolute Gasteiger partial charge is 0.254 e. The summed E-state index contributed by atoms with van der Waals surface area (Å²) in [6.07, 6.45) is 4.83. The molecule has 0 N–H and O–H groups in total. The summed E-state index contributed by atoms with van der Waals surface area (Å²) in [5.74, 6) is 1.73. The number of benzene rings is 2. The maximum atomic E-state index is 13.9. The number of fused-ring (bicyclic) bond motifs is 1. The lowest BCUT2D eigenvalue weighted by molar-refractivity contribution is -0.133. The van der Waals surface area contributed by atoms with E-state index in [1.54, 1.807) is 22.1 Å². The lowest BCUT2D eigenvalue weighted by atomic mass is 10.1. The summed E-state index contributed by atoms with van der Waals surface area (Å²) in [4.78, 5) is 33.3. The van der Waals surface area contributed by atoms with E-state index in [4.69, 9.17) is 18.6 Å². The molecule has 3 heterocycles. The van der Waals surface area contributed by atoms with E-state index in [0.717, 1.165) is 37.9 Å². The fourth-order valence-electron chi connectivity index (χ4n) is 5.06. The Morgan fingerprint density at radius 2 is 1.68 bits per heavy atom. The molecular weight excluding hydrogens is 522 g/mol. The third-order valence-electron chi connectivity index (χ3n) is 7.51. The van der Waals surface area contributed by atoms with Gasteiger partial charge in [0.1, 0.15) is 12.3 Å². The third-order valence-corrected chi connectivity index (χ3v) is 7.51. The zero-order chi connectivity index (χ0) is 28.4. The predicted molar refractivity (Wildman–Crippen MR) is 154 cm³/mol. The molecule has 2 amide bonds. The zero-order valence-electron chi connectivity index (χ0n) is 23.8. The largest absolute Gasteiger partial charge is 0.467 e. The molecule has 41 heavy (non-hydrogen) atoms. The summed E-state index contributed by atoms with van der Waals surface area (Å²) in [7, 11) is 0. The summed E-state index contributed by atoms with van der Waals surface area (Å²) in [6, 6.07) is 17.1. The lowest BCUT2D eigenvalue weighted by Gasteiger charge is -2.31. The van der Waals surface area contributed by atoms with Crippen molar-refractivity contribution in [3.63, 3.8) is 0 Å². The van der Waals surface area contributed by atoms with Gasteiger partial charge in [0.05, 0.1) is 26.0 Å². The van der Waals surface area contributed by atoms with Gasteiger partial charge in [0, 0.05) is 38.3 Å². The molecule has 0 spiro atoms. The number of ether oxygens (including phenoxy) is 3. The number of rotatable bonds is 13. The van der Waals surface area contributed by atoms with E-state index in [1.807, 2.05) is 48.5 Å². The molecule has 0 unspecified atom stereocenters. The molecule has 2 aliphatic heterocycles. The van der Waals surface area contributed by atoms with Crippen LogP contribution in [0.3, 0.4) is 0 Å². The normalized spacial score (nSPS) is 14.7. The Kier molecular flexibility index (Phi) is 9.93. The number of carbonyl (C=O) groups excluding carboxylic acids is 2. The van der Waals surface area contributed by atoms with E-state index in [9.17, 15) is 9.59 Å². The summed E-state index contributed by atoms with van der Waals surface area (Å²) in [5.41, 5.74) is 2.71. The maximum absolute atomic E-state index is 13.9. The van der Waals surface area contributed by atoms with Crippen LogP contribution in [0, 0.1) is 0 Å². The van der Waals surface area contributed by atoms with Crippen LogP contribution in [0.15, 0.2) is 65.3 Å². The highest BCUT2D eigenvalue weighted by Crippen LogP contribution is 2.33. The van der Waals surface area contributed by atoms with Crippen LogP contribution in [-0.2, 0) is 29.0 Å². The van der Waals surface area contributed by atoms with E-state index in [0.29, 0.717) is 55.7 Å². The summed E-state index contributed by atoms with van der Waals surface area (Å²) in [5, 5.41) is 0. The second-order valence-corrected chi connectivity index (χ2v) is 10.5. The van der Waals surface area contributed by atoms with Crippen LogP contribution in [0.1, 0.15) is 47.0 Å². The number of amides is 2. The van der Waals surface area contributed by atoms with Crippen LogP contribution in [0.25, 0.3) is 0 Å². The summed E-state index contributed by atoms with van der Waals surface area (Å²) >= 11 is 0. The van der Waals surface area contributed by atoms with Crippen molar-refractivity contribution in [2.24, 2.45) is 0 Å². The molecule has 0 bridgehead atoms. The molecule has 9 heteroatoms. The fourth-order valence-corrected chi connectivity index (χ4v) is 5.06. The average molecular weight is 562 g/mol. The highest BCUT2D eigenvalue weighted by molar-refractivity contribution is 5.96. The van der Waals surface area contributed by atoms with Crippen molar-refractivity contribution in [1.29, 1.82) is 0 Å². The van der Waals surface area contributed by atoms with Crippen molar-refractivity contribution < 1.29 is 28.2 Å². The van der Waals surface area contributed by atoms with Crippen molar-refractivity contribution in [2.75, 3.05) is 52.7 Å². The second-order valence-electron chi connectivity index (χ2n) is 10.5. The minimum absolute atomic E-state index is 0.0357. The average Bonchev–Trinajstić information content (AvgIpc) is 3.70. The molecule has 218 valence electrons. The first-order valence-corrected chi connectivity index (χ1v) is 14.5. The van der Waals surface area contributed by atoms with Gasteiger partial charge in [0.15, 0.2) is 11.5 Å². The molecule has 0 aliphatic carbocycles. The Hall–Kier alpha value is -3.82. The number of morpholine rings is 1. The van der Waals surface area contributed by atoms with E-state index >= 15 is 0 Å². The number of unbranched alkanes of at least 4 members (excludes halogenated alkanes) is 1. The first-order chi connectivity index (χ1) is 20.1. The second kappa shape index (κ2) is 14.2. The van der Waals surface area contributed by atoms with Crippen molar-refractivity contribution in [2.45, 2.75) is 39.3 Å². The molecular formula is C32H39N3O6. The number of hydrogen-bond donors (Lipinski definition) is 0. The van der Waals surface area contributed by atoms with Gasteiger partial charge in [-0.1, -0.05) is 31.5 Å². The van der Waals surface area contributed by atoms with Gasteiger partial charge in [0.2, 0.25) is 12.7 Å². The van der Waals surface area contributed by atoms with Crippen molar-refractivity contribution >= 4 is 11.8 Å². The molecule has 5 rings (SSSR count). The van der Waals surface area contributed by atoms with Gasteiger partial charge < -0.3 is 28.4 Å². The highest BCUT2D eigenvalue weighted by Gasteiger charge is 2.25. The summed E-state index contributed by atoms with van der Waals surface area (Å²) in [6.45, 7) is 7.07. The van der Waals surface area contributed by atoms with E-state index in [-0.39, 0.29) is 31.7 Å². The van der Waals surface area contributed by atoms with Crippen molar-refractivity contribution in [3.05, 3.63) is 83.3 Å². The maximum Gasteiger partial charge on any atom is 0.254 e. The van der Waals surface area contributed by atoms with Crippen LogP contribution in [0.2, 0.25) is 0 Å². The Morgan fingerprint density at radius 3 is 2.44 bits per heavy atom. The molecule has 9 nitrogen and oxygen atoms in total. The predicted octanol–water partition coefficient (Wildman–Crippen LogP) is 4.35. The molecule has 1 fully saturated rings. The molecule has 1 saturated heterocycles.